The number of benzene rings is 1. The maximum absolute atomic E-state index is 13.7. The predicted molar refractivity (Wildman–Crippen MR) is 95.6 cm³/mol. The van der Waals surface area contributed by atoms with Crippen LogP contribution in [0.1, 0.15) is 43.7 Å². The van der Waals surface area contributed by atoms with Gasteiger partial charge in [0.15, 0.2) is 0 Å². The molecule has 25 heavy (non-hydrogen) atoms. The molecule has 0 aliphatic carbocycles. The third-order valence-corrected chi connectivity index (χ3v) is 5.92. The van der Waals surface area contributed by atoms with Gasteiger partial charge in [0.05, 0.1) is 6.10 Å². The van der Waals surface area contributed by atoms with Crippen LogP contribution in [0.2, 0.25) is 0 Å². The van der Waals surface area contributed by atoms with E-state index in [2.05, 4.69) is 4.90 Å². The normalized spacial score (nSPS) is 22.4. The highest BCUT2D eigenvalue weighted by atomic mass is 19.1. The van der Waals surface area contributed by atoms with E-state index < -0.39 is 6.10 Å². The average Bonchev–Trinajstić information content (AvgIpc) is 2.57. The number of aliphatic hydroxyl groups is 1. The van der Waals surface area contributed by atoms with Crippen LogP contribution in [0.15, 0.2) is 18.2 Å². The maximum Gasteiger partial charge on any atom is 0.222 e. The molecule has 1 aromatic carbocycles. The molecule has 2 aliphatic rings. The molecule has 1 aromatic rings. The number of aliphatic hydroxyl groups excluding tert-OH is 1. The van der Waals surface area contributed by atoms with Crippen LogP contribution in [0.4, 0.5) is 4.39 Å². The highest BCUT2D eigenvalue weighted by Crippen LogP contribution is 2.40. The lowest BCUT2D eigenvalue weighted by atomic mass is 9.72. The number of β-amino-alcohol motifs (C(OH)–C–C–N with tert-alkyl or cyclic N) is 1. The van der Waals surface area contributed by atoms with E-state index in [9.17, 15) is 14.3 Å². The van der Waals surface area contributed by atoms with Crippen LogP contribution in [0.5, 0.6) is 0 Å². The molecule has 1 amide bonds. The number of piperidine rings is 2. The van der Waals surface area contributed by atoms with Crippen molar-refractivity contribution in [2.24, 2.45) is 5.41 Å². The number of carbonyl (C=O) groups is 1. The second-order valence-corrected chi connectivity index (χ2v) is 7.92. The minimum atomic E-state index is -0.477. The van der Waals surface area contributed by atoms with Gasteiger partial charge in [-0.2, -0.15) is 0 Å². The predicted octanol–water partition coefficient (Wildman–Crippen LogP) is 2.72. The number of hydrogen-bond acceptors (Lipinski definition) is 3. The zero-order valence-electron chi connectivity index (χ0n) is 15.3. The first kappa shape index (κ1) is 18.3. The van der Waals surface area contributed by atoms with Crippen molar-refractivity contribution in [3.8, 4) is 0 Å². The van der Waals surface area contributed by atoms with Gasteiger partial charge in [-0.1, -0.05) is 12.1 Å². The summed E-state index contributed by atoms with van der Waals surface area (Å²) in [5.41, 5.74) is 2.00. The van der Waals surface area contributed by atoms with E-state index in [0.29, 0.717) is 13.0 Å². The van der Waals surface area contributed by atoms with E-state index in [-0.39, 0.29) is 17.1 Å². The van der Waals surface area contributed by atoms with Gasteiger partial charge in [0.2, 0.25) is 5.91 Å². The van der Waals surface area contributed by atoms with Crippen LogP contribution in [0.3, 0.4) is 0 Å². The van der Waals surface area contributed by atoms with Crippen LogP contribution in [-0.2, 0) is 11.3 Å². The van der Waals surface area contributed by atoms with Gasteiger partial charge >= 0.3 is 0 Å². The first-order chi connectivity index (χ1) is 11.9. The monoisotopic (exact) mass is 348 g/mol. The summed E-state index contributed by atoms with van der Waals surface area (Å²) in [6.45, 7) is 7.53. The molecule has 4 nitrogen and oxygen atoms in total. The number of likely N-dealkylation sites (tertiary alicyclic amines) is 2. The third kappa shape index (κ3) is 4.21. The zero-order valence-corrected chi connectivity index (χ0v) is 15.3. The van der Waals surface area contributed by atoms with Crippen molar-refractivity contribution in [3.05, 3.63) is 35.1 Å². The van der Waals surface area contributed by atoms with Gasteiger partial charge in [-0.15, -0.1) is 0 Å². The van der Waals surface area contributed by atoms with Crippen molar-refractivity contribution in [1.82, 2.24) is 9.80 Å². The molecular weight excluding hydrogens is 319 g/mol. The fourth-order valence-corrected chi connectivity index (χ4v) is 4.25. The molecule has 1 spiro atoms. The smallest absolute Gasteiger partial charge is 0.222 e. The van der Waals surface area contributed by atoms with Crippen LogP contribution in [0, 0.1) is 18.2 Å². The highest BCUT2D eigenvalue weighted by Gasteiger charge is 2.41. The third-order valence-electron chi connectivity index (χ3n) is 5.92. The van der Waals surface area contributed by atoms with E-state index in [1.165, 1.54) is 6.07 Å². The Bertz CT molecular complexity index is 624. The quantitative estimate of drug-likeness (QED) is 0.910. The largest absolute Gasteiger partial charge is 0.392 e. The molecule has 0 bridgehead atoms. The number of amides is 1. The lowest BCUT2D eigenvalue weighted by Crippen LogP contribution is -2.52. The summed E-state index contributed by atoms with van der Waals surface area (Å²) in [5, 5.41) is 9.63. The van der Waals surface area contributed by atoms with Crippen LogP contribution >= 0.6 is 0 Å². The van der Waals surface area contributed by atoms with Gasteiger partial charge in [0.1, 0.15) is 5.82 Å². The molecule has 5 heteroatoms. The second kappa shape index (κ2) is 7.42. The lowest BCUT2D eigenvalue weighted by molar-refractivity contribution is -0.140. The topological polar surface area (TPSA) is 43.8 Å². The summed E-state index contributed by atoms with van der Waals surface area (Å²) >= 11 is 0. The molecule has 0 aromatic heterocycles. The van der Waals surface area contributed by atoms with Gasteiger partial charge in [-0.05, 0) is 68.8 Å². The minimum Gasteiger partial charge on any atom is -0.392 e. The highest BCUT2D eigenvalue weighted by molar-refractivity contribution is 5.77. The number of rotatable bonds is 4. The zero-order chi connectivity index (χ0) is 18.0. The Balaban J connectivity index is 1.59. The SMILES string of the molecule is Cc1c(F)cccc1CN1CCC2(CCC(=O)N(C[C@H](C)O)C2)CC1. The maximum atomic E-state index is 13.7. The number of halogens is 1. The Morgan fingerprint density at radius 3 is 2.68 bits per heavy atom. The van der Waals surface area contributed by atoms with Gasteiger partial charge in [-0.3, -0.25) is 9.69 Å². The molecule has 0 radical (unpaired) electrons. The van der Waals surface area contributed by atoms with E-state index in [1.54, 1.807) is 13.0 Å². The summed E-state index contributed by atoms with van der Waals surface area (Å²) in [5.74, 6) is 0.0369. The number of nitrogens with zero attached hydrogens (tertiary/aromatic N) is 2. The Kier molecular flexibility index (Phi) is 5.44. The fraction of sp³-hybridized carbons (Fsp3) is 0.650. The van der Waals surface area contributed by atoms with E-state index in [4.69, 9.17) is 0 Å². The molecule has 2 fully saturated rings. The van der Waals surface area contributed by atoms with Gasteiger partial charge in [-0.25, -0.2) is 4.39 Å². The van der Waals surface area contributed by atoms with Crippen LogP contribution < -0.4 is 0 Å². The van der Waals surface area contributed by atoms with Crippen molar-refractivity contribution in [2.45, 2.75) is 52.2 Å². The molecule has 1 N–H and O–H groups in total. The van der Waals surface area contributed by atoms with Gasteiger partial charge < -0.3 is 10.0 Å². The number of hydrogen-bond donors (Lipinski definition) is 1. The fourth-order valence-electron chi connectivity index (χ4n) is 4.25. The van der Waals surface area contributed by atoms with E-state index in [0.717, 1.165) is 56.6 Å². The van der Waals surface area contributed by atoms with E-state index >= 15 is 0 Å². The van der Waals surface area contributed by atoms with Gasteiger partial charge in [0, 0.05) is 26.1 Å². The van der Waals surface area contributed by atoms with E-state index in [1.807, 2.05) is 17.9 Å². The molecule has 138 valence electrons. The Labute approximate surface area is 149 Å². The second-order valence-electron chi connectivity index (χ2n) is 7.92. The molecule has 0 saturated carbocycles. The van der Waals surface area contributed by atoms with Crippen molar-refractivity contribution in [3.63, 3.8) is 0 Å². The Morgan fingerprint density at radius 1 is 1.28 bits per heavy atom. The lowest BCUT2D eigenvalue weighted by Gasteiger charge is -2.47. The summed E-state index contributed by atoms with van der Waals surface area (Å²) in [7, 11) is 0. The van der Waals surface area contributed by atoms with Crippen molar-refractivity contribution in [1.29, 1.82) is 0 Å². The first-order valence-corrected chi connectivity index (χ1v) is 9.31. The van der Waals surface area contributed by atoms with Crippen molar-refractivity contribution < 1.29 is 14.3 Å². The number of carbonyl (C=O) groups excluding carboxylic acids is 1. The molecule has 3 rings (SSSR count). The molecular formula is C20H29FN2O2. The standard InChI is InChI=1S/C20H29FN2O2/c1-15(24)12-23-14-20(7-6-19(23)25)8-10-22(11-9-20)13-17-4-3-5-18(21)16(17)2/h3-5,15,24H,6-14H2,1-2H3/t15-/m0/s1. The van der Waals surface area contributed by atoms with Crippen LogP contribution in [0.25, 0.3) is 0 Å². The molecule has 2 heterocycles. The van der Waals surface area contributed by atoms with Crippen LogP contribution in [-0.4, -0.2) is 53.1 Å². The first-order valence-electron chi connectivity index (χ1n) is 9.31. The molecule has 2 aliphatic heterocycles. The average molecular weight is 348 g/mol. The van der Waals surface area contributed by atoms with Crippen molar-refractivity contribution >= 4 is 5.91 Å². The minimum absolute atomic E-state index is 0.134. The molecule has 1 atom stereocenters. The Hall–Kier alpha value is -1.46. The summed E-state index contributed by atoms with van der Waals surface area (Å²) in [4.78, 5) is 16.3. The van der Waals surface area contributed by atoms with Gasteiger partial charge in [0.25, 0.3) is 0 Å². The molecule has 2 saturated heterocycles. The summed E-state index contributed by atoms with van der Waals surface area (Å²) in [6.07, 6.45) is 3.19. The Morgan fingerprint density at radius 2 is 2.00 bits per heavy atom. The molecule has 0 unspecified atom stereocenters. The van der Waals surface area contributed by atoms with Crippen molar-refractivity contribution in [2.75, 3.05) is 26.2 Å². The summed E-state index contributed by atoms with van der Waals surface area (Å²) in [6, 6.07) is 5.30. The summed E-state index contributed by atoms with van der Waals surface area (Å²) < 4.78 is 13.7.